The first-order valence-electron chi connectivity index (χ1n) is 8.80. The molecule has 0 radical (unpaired) electrons. The minimum Gasteiger partial charge on any atom is -0.326 e. The maximum atomic E-state index is 12.3. The number of halogens is 1. The van der Waals surface area contributed by atoms with Crippen molar-refractivity contribution in [1.29, 1.82) is 0 Å². The summed E-state index contributed by atoms with van der Waals surface area (Å²) in [6, 6.07) is 12.6. The Kier molecular flexibility index (Phi) is 6.44. The molecule has 28 heavy (non-hydrogen) atoms. The lowest BCUT2D eigenvalue weighted by atomic mass is 10.1. The Morgan fingerprint density at radius 1 is 1.04 bits per heavy atom. The third-order valence-electron chi connectivity index (χ3n) is 4.23. The van der Waals surface area contributed by atoms with Crippen LogP contribution in [0.2, 0.25) is 5.02 Å². The van der Waals surface area contributed by atoms with Gasteiger partial charge in [-0.1, -0.05) is 29.8 Å². The molecule has 0 saturated carbocycles. The number of benzene rings is 2. The average molecular weight is 414 g/mol. The predicted octanol–water partition coefficient (Wildman–Crippen LogP) is 5.24. The fourth-order valence-electron chi connectivity index (χ4n) is 2.70. The molecule has 0 unspecified atom stereocenters. The number of amides is 2. The van der Waals surface area contributed by atoms with Gasteiger partial charge in [0.1, 0.15) is 0 Å². The van der Waals surface area contributed by atoms with Crippen molar-refractivity contribution in [2.24, 2.45) is 0 Å². The number of anilines is 2. The van der Waals surface area contributed by atoms with Gasteiger partial charge >= 0.3 is 0 Å². The monoisotopic (exact) mass is 413 g/mol. The standard InChI is InChI=1S/C21H20ClN3O2S/c1-13-4-3-5-14(2)19(13)24-18(26)11-10-17-12-28-21(23-17)25-20(27)15-6-8-16(22)9-7-15/h3-9,12H,10-11H2,1-2H3,(H,24,26)(H,23,25,27). The highest BCUT2D eigenvalue weighted by atomic mass is 35.5. The normalized spacial score (nSPS) is 10.5. The first-order valence-corrected chi connectivity index (χ1v) is 10.1. The smallest absolute Gasteiger partial charge is 0.257 e. The third-order valence-corrected chi connectivity index (χ3v) is 5.29. The Labute approximate surface area is 172 Å². The van der Waals surface area contributed by atoms with Crippen LogP contribution < -0.4 is 10.6 Å². The van der Waals surface area contributed by atoms with Crippen LogP contribution in [0.3, 0.4) is 0 Å². The fraction of sp³-hybridized carbons (Fsp3) is 0.190. The number of hydrogen-bond donors (Lipinski definition) is 2. The molecular weight excluding hydrogens is 394 g/mol. The van der Waals surface area contributed by atoms with Gasteiger partial charge in [0.2, 0.25) is 5.91 Å². The SMILES string of the molecule is Cc1cccc(C)c1NC(=O)CCc1csc(NC(=O)c2ccc(Cl)cc2)n1. The molecule has 144 valence electrons. The van der Waals surface area contributed by atoms with Crippen LogP contribution in [0.1, 0.15) is 33.6 Å². The number of carbonyl (C=O) groups excluding carboxylic acids is 2. The number of nitrogens with zero attached hydrogens (tertiary/aromatic N) is 1. The minimum absolute atomic E-state index is 0.0582. The summed E-state index contributed by atoms with van der Waals surface area (Å²) >= 11 is 7.17. The second kappa shape index (κ2) is 8.99. The highest BCUT2D eigenvalue weighted by Gasteiger charge is 2.11. The van der Waals surface area contributed by atoms with Crippen molar-refractivity contribution in [3.05, 3.63) is 75.3 Å². The Bertz CT molecular complexity index is 979. The topological polar surface area (TPSA) is 71.1 Å². The number of aryl methyl sites for hydroxylation is 3. The van der Waals surface area contributed by atoms with E-state index in [9.17, 15) is 9.59 Å². The van der Waals surface area contributed by atoms with E-state index in [4.69, 9.17) is 11.6 Å². The lowest BCUT2D eigenvalue weighted by Crippen LogP contribution is -2.14. The van der Waals surface area contributed by atoms with Crippen molar-refractivity contribution in [3.63, 3.8) is 0 Å². The van der Waals surface area contributed by atoms with Gasteiger partial charge in [0.05, 0.1) is 5.69 Å². The van der Waals surface area contributed by atoms with E-state index in [-0.39, 0.29) is 11.8 Å². The molecule has 7 heteroatoms. The fourth-order valence-corrected chi connectivity index (χ4v) is 3.57. The van der Waals surface area contributed by atoms with Crippen LogP contribution >= 0.6 is 22.9 Å². The van der Waals surface area contributed by atoms with E-state index in [1.54, 1.807) is 24.3 Å². The van der Waals surface area contributed by atoms with Gasteiger partial charge in [0.15, 0.2) is 5.13 Å². The first kappa shape index (κ1) is 20.0. The molecule has 0 atom stereocenters. The van der Waals surface area contributed by atoms with Gasteiger partial charge in [-0.2, -0.15) is 0 Å². The number of para-hydroxylation sites is 1. The molecule has 0 aliphatic rings. The Hall–Kier alpha value is -2.70. The van der Waals surface area contributed by atoms with E-state index in [2.05, 4.69) is 15.6 Å². The van der Waals surface area contributed by atoms with Gasteiger partial charge < -0.3 is 5.32 Å². The molecule has 3 rings (SSSR count). The van der Waals surface area contributed by atoms with Crippen LogP contribution in [0.25, 0.3) is 0 Å². The van der Waals surface area contributed by atoms with Gasteiger partial charge in [-0.25, -0.2) is 4.98 Å². The zero-order valence-corrected chi connectivity index (χ0v) is 17.2. The second-order valence-electron chi connectivity index (χ2n) is 6.42. The summed E-state index contributed by atoms with van der Waals surface area (Å²) in [5.74, 6) is -0.303. The molecule has 0 aliphatic heterocycles. The Balaban J connectivity index is 1.54. The zero-order chi connectivity index (χ0) is 20.1. The maximum absolute atomic E-state index is 12.3. The van der Waals surface area contributed by atoms with E-state index >= 15 is 0 Å². The van der Waals surface area contributed by atoms with Crippen LogP contribution in [0.15, 0.2) is 47.8 Å². The van der Waals surface area contributed by atoms with Gasteiger partial charge in [-0.3, -0.25) is 14.9 Å². The molecule has 3 aromatic rings. The average Bonchev–Trinajstić information content (AvgIpc) is 3.11. The largest absolute Gasteiger partial charge is 0.326 e. The molecular formula is C21H20ClN3O2S. The van der Waals surface area contributed by atoms with Gasteiger partial charge in [-0.15, -0.1) is 11.3 Å². The molecule has 0 saturated heterocycles. The number of aromatic nitrogens is 1. The summed E-state index contributed by atoms with van der Waals surface area (Å²) in [6.07, 6.45) is 0.826. The number of rotatable bonds is 6. The summed E-state index contributed by atoms with van der Waals surface area (Å²) in [4.78, 5) is 28.9. The van der Waals surface area contributed by atoms with Crippen molar-refractivity contribution in [2.45, 2.75) is 26.7 Å². The zero-order valence-electron chi connectivity index (χ0n) is 15.6. The molecule has 5 nitrogen and oxygen atoms in total. The lowest BCUT2D eigenvalue weighted by molar-refractivity contribution is -0.116. The lowest BCUT2D eigenvalue weighted by Gasteiger charge is -2.11. The van der Waals surface area contributed by atoms with E-state index in [0.717, 1.165) is 22.5 Å². The van der Waals surface area contributed by atoms with Crippen molar-refractivity contribution in [1.82, 2.24) is 4.98 Å². The molecule has 0 aliphatic carbocycles. The van der Waals surface area contributed by atoms with Crippen LogP contribution in [0, 0.1) is 13.8 Å². The summed E-state index contributed by atoms with van der Waals surface area (Å²) < 4.78 is 0. The van der Waals surface area contributed by atoms with Crippen molar-refractivity contribution in [3.8, 4) is 0 Å². The van der Waals surface area contributed by atoms with Crippen LogP contribution in [0.4, 0.5) is 10.8 Å². The highest BCUT2D eigenvalue weighted by Crippen LogP contribution is 2.21. The predicted molar refractivity (Wildman–Crippen MR) is 114 cm³/mol. The molecule has 2 amide bonds. The maximum Gasteiger partial charge on any atom is 0.257 e. The van der Waals surface area contributed by atoms with Crippen molar-refractivity contribution >= 4 is 45.6 Å². The van der Waals surface area contributed by atoms with Gasteiger partial charge in [-0.05, 0) is 55.7 Å². The van der Waals surface area contributed by atoms with E-state index in [1.807, 2.05) is 37.4 Å². The molecule has 1 aromatic heterocycles. The van der Waals surface area contributed by atoms with Gasteiger partial charge in [0, 0.05) is 28.1 Å². The summed E-state index contributed by atoms with van der Waals surface area (Å²) in [5, 5.41) is 8.67. The van der Waals surface area contributed by atoms with E-state index in [0.29, 0.717) is 28.6 Å². The first-order chi connectivity index (χ1) is 13.4. The molecule has 0 bridgehead atoms. The second-order valence-corrected chi connectivity index (χ2v) is 7.71. The molecule has 0 spiro atoms. The van der Waals surface area contributed by atoms with Crippen LogP contribution in [-0.4, -0.2) is 16.8 Å². The van der Waals surface area contributed by atoms with E-state index < -0.39 is 0 Å². The Morgan fingerprint density at radius 2 is 1.71 bits per heavy atom. The number of hydrogen-bond acceptors (Lipinski definition) is 4. The quantitative estimate of drug-likeness (QED) is 0.580. The Morgan fingerprint density at radius 3 is 2.39 bits per heavy atom. The molecule has 2 aromatic carbocycles. The number of nitrogens with one attached hydrogen (secondary N) is 2. The molecule has 1 heterocycles. The summed E-state index contributed by atoms with van der Waals surface area (Å²) in [5.41, 5.74) is 4.22. The molecule has 0 fully saturated rings. The van der Waals surface area contributed by atoms with E-state index in [1.165, 1.54) is 11.3 Å². The number of carbonyl (C=O) groups is 2. The van der Waals surface area contributed by atoms with Gasteiger partial charge in [0.25, 0.3) is 5.91 Å². The highest BCUT2D eigenvalue weighted by molar-refractivity contribution is 7.14. The summed E-state index contributed by atoms with van der Waals surface area (Å²) in [6.45, 7) is 3.94. The summed E-state index contributed by atoms with van der Waals surface area (Å²) in [7, 11) is 0. The molecule has 2 N–H and O–H groups in total. The number of thiazole rings is 1. The third kappa shape index (κ3) is 5.18. The van der Waals surface area contributed by atoms with Crippen molar-refractivity contribution < 1.29 is 9.59 Å². The van der Waals surface area contributed by atoms with Crippen LogP contribution in [-0.2, 0) is 11.2 Å². The van der Waals surface area contributed by atoms with Crippen LogP contribution in [0.5, 0.6) is 0 Å². The van der Waals surface area contributed by atoms with Crippen molar-refractivity contribution in [2.75, 3.05) is 10.6 Å². The minimum atomic E-state index is -0.245.